The highest BCUT2D eigenvalue weighted by molar-refractivity contribution is 5.75. The summed E-state index contributed by atoms with van der Waals surface area (Å²) >= 11 is 0. The fraction of sp³-hybridized carbons (Fsp3) is 0.222. The lowest BCUT2D eigenvalue weighted by Crippen LogP contribution is -2.32. The van der Waals surface area contributed by atoms with Crippen molar-refractivity contribution in [2.24, 2.45) is 5.73 Å². The Bertz CT molecular complexity index is 613. The van der Waals surface area contributed by atoms with Crippen molar-refractivity contribution < 1.29 is 19.8 Å². The second-order valence-electron chi connectivity index (χ2n) is 5.11. The molecule has 2 atom stereocenters. The van der Waals surface area contributed by atoms with Gasteiger partial charge in [0.25, 0.3) is 0 Å². The summed E-state index contributed by atoms with van der Waals surface area (Å²) in [6, 6.07) is 17.7. The molecule has 2 aromatic carbocycles. The van der Waals surface area contributed by atoms with Crippen LogP contribution in [0.2, 0.25) is 0 Å². The first-order chi connectivity index (χ1) is 10.9. The molecule has 0 saturated heterocycles. The molecule has 0 aliphatic heterocycles. The lowest BCUT2D eigenvalue weighted by molar-refractivity contribution is -0.139. The van der Waals surface area contributed by atoms with Crippen LogP contribution in [0.25, 0.3) is 0 Å². The van der Waals surface area contributed by atoms with Gasteiger partial charge >= 0.3 is 11.9 Å². The van der Waals surface area contributed by atoms with Crippen LogP contribution in [0.3, 0.4) is 0 Å². The molecule has 0 aromatic heterocycles. The maximum Gasteiger partial charge on any atom is 0.320 e. The zero-order valence-corrected chi connectivity index (χ0v) is 12.9. The Labute approximate surface area is 135 Å². The van der Waals surface area contributed by atoms with Gasteiger partial charge in [-0.15, -0.1) is 0 Å². The van der Waals surface area contributed by atoms with E-state index >= 15 is 0 Å². The topological polar surface area (TPSA) is 101 Å². The standard InChI is InChI=1S/C9H11NO2.C9H10O2/c10-8(9(11)12)6-7-4-2-1-3-5-7;1-7(9(10)11)8-5-3-2-4-6-8/h1-5,8H,6,10H2,(H,11,12);2-7H,1H3,(H,10,11)/t8-;/m0./s1. The van der Waals surface area contributed by atoms with Gasteiger partial charge < -0.3 is 15.9 Å². The number of carboxylic acids is 2. The third-order valence-corrected chi connectivity index (χ3v) is 3.29. The normalized spacial score (nSPS) is 12.4. The van der Waals surface area contributed by atoms with E-state index in [1.807, 2.05) is 60.7 Å². The number of hydrogen-bond acceptors (Lipinski definition) is 3. The van der Waals surface area contributed by atoms with E-state index in [1.165, 1.54) is 0 Å². The fourth-order valence-corrected chi connectivity index (χ4v) is 1.84. The third kappa shape index (κ3) is 6.76. The average Bonchev–Trinajstić information content (AvgIpc) is 2.56. The summed E-state index contributed by atoms with van der Waals surface area (Å²) in [5, 5.41) is 17.2. The van der Waals surface area contributed by atoms with Crippen LogP contribution in [0.5, 0.6) is 0 Å². The molecule has 0 aliphatic carbocycles. The Kier molecular flexibility index (Phi) is 7.50. The van der Waals surface area contributed by atoms with Crippen LogP contribution in [-0.2, 0) is 16.0 Å². The van der Waals surface area contributed by atoms with E-state index in [9.17, 15) is 9.59 Å². The predicted octanol–water partition coefficient (Wildman–Crippen LogP) is 2.52. The zero-order chi connectivity index (χ0) is 17.2. The summed E-state index contributed by atoms with van der Waals surface area (Å²) in [6.07, 6.45) is 0.385. The average molecular weight is 315 g/mol. The van der Waals surface area contributed by atoms with Crippen LogP contribution in [-0.4, -0.2) is 28.2 Å². The molecule has 0 fully saturated rings. The molecule has 0 radical (unpaired) electrons. The number of nitrogens with two attached hydrogens (primary N) is 1. The Morgan fingerprint density at radius 1 is 0.913 bits per heavy atom. The minimum absolute atomic E-state index is 0.385. The monoisotopic (exact) mass is 315 g/mol. The number of rotatable bonds is 5. The van der Waals surface area contributed by atoms with Crippen molar-refractivity contribution in [1.29, 1.82) is 0 Å². The molecule has 5 heteroatoms. The van der Waals surface area contributed by atoms with E-state index in [2.05, 4.69) is 0 Å². The molecule has 0 bridgehead atoms. The number of hydrogen-bond donors (Lipinski definition) is 3. The first-order valence-electron chi connectivity index (χ1n) is 7.22. The molecular weight excluding hydrogens is 294 g/mol. The van der Waals surface area contributed by atoms with Crippen LogP contribution in [0.4, 0.5) is 0 Å². The van der Waals surface area contributed by atoms with Crippen LogP contribution in [0.1, 0.15) is 24.0 Å². The highest BCUT2D eigenvalue weighted by Gasteiger charge is 2.12. The maximum absolute atomic E-state index is 10.5. The first kappa shape index (κ1) is 18.4. The van der Waals surface area contributed by atoms with Gasteiger partial charge in [0, 0.05) is 0 Å². The van der Waals surface area contributed by atoms with Crippen molar-refractivity contribution in [2.75, 3.05) is 0 Å². The summed E-state index contributed by atoms with van der Waals surface area (Å²) in [5.41, 5.74) is 7.15. The molecule has 1 unspecified atom stereocenters. The van der Waals surface area contributed by atoms with Gasteiger partial charge in [0.1, 0.15) is 6.04 Å². The minimum atomic E-state index is -0.959. The highest BCUT2D eigenvalue weighted by Crippen LogP contribution is 2.13. The van der Waals surface area contributed by atoms with E-state index in [1.54, 1.807) is 6.92 Å². The van der Waals surface area contributed by atoms with Crippen LogP contribution in [0, 0.1) is 0 Å². The highest BCUT2D eigenvalue weighted by atomic mass is 16.4. The molecule has 4 N–H and O–H groups in total. The van der Waals surface area contributed by atoms with Gasteiger partial charge in [-0.1, -0.05) is 60.7 Å². The molecule has 0 amide bonds. The van der Waals surface area contributed by atoms with Crippen LogP contribution < -0.4 is 5.73 Å². The van der Waals surface area contributed by atoms with Gasteiger partial charge in [0.05, 0.1) is 5.92 Å². The van der Waals surface area contributed by atoms with Crippen molar-refractivity contribution in [1.82, 2.24) is 0 Å². The smallest absolute Gasteiger partial charge is 0.320 e. The van der Waals surface area contributed by atoms with Gasteiger partial charge in [-0.25, -0.2) is 0 Å². The molecule has 23 heavy (non-hydrogen) atoms. The molecule has 2 rings (SSSR count). The second kappa shape index (κ2) is 9.38. The summed E-state index contributed by atoms with van der Waals surface area (Å²) in [6.45, 7) is 1.68. The second-order valence-corrected chi connectivity index (χ2v) is 5.11. The van der Waals surface area contributed by atoms with Crippen molar-refractivity contribution in [3.8, 4) is 0 Å². The molecule has 0 spiro atoms. The predicted molar refractivity (Wildman–Crippen MR) is 88.3 cm³/mol. The molecular formula is C18H21NO4. The molecule has 122 valence electrons. The summed E-state index contributed by atoms with van der Waals surface area (Å²) in [5.74, 6) is -2.15. The zero-order valence-electron chi connectivity index (χ0n) is 12.9. The third-order valence-electron chi connectivity index (χ3n) is 3.29. The van der Waals surface area contributed by atoms with E-state index < -0.39 is 23.9 Å². The number of carbonyl (C=O) groups is 2. The van der Waals surface area contributed by atoms with Gasteiger partial charge in [-0.05, 0) is 24.5 Å². The van der Waals surface area contributed by atoms with Gasteiger partial charge in [-0.2, -0.15) is 0 Å². The Balaban J connectivity index is 0.000000231. The Morgan fingerprint density at radius 2 is 1.39 bits per heavy atom. The maximum atomic E-state index is 10.5. The lowest BCUT2D eigenvalue weighted by atomic mass is 10.0. The largest absolute Gasteiger partial charge is 0.481 e. The van der Waals surface area contributed by atoms with E-state index in [0.29, 0.717) is 6.42 Å². The minimum Gasteiger partial charge on any atom is -0.481 e. The number of carboxylic acid groups (broad SMARTS) is 2. The van der Waals surface area contributed by atoms with Crippen molar-refractivity contribution in [3.05, 3.63) is 71.8 Å². The van der Waals surface area contributed by atoms with Crippen LogP contribution in [0.15, 0.2) is 60.7 Å². The van der Waals surface area contributed by atoms with Crippen LogP contribution >= 0.6 is 0 Å². The van der Waals surface area contributed by atoms with E-state index in [0.717, 1.165) is 11.1 Å². The summed E-state index contributed by atoms with van der Waals surface area (Å²) < 4.78 is 0. The SMILES string of the molecule is CC(C(=O)O)c1ccccc1.N[C@@H](Cc1ccccc1)C(=O)O. The van der Waals surface area contributed by atoms with Crippen molar-refractivity contribution >= 4 is 11.9 Å². The van der Waals surface area contributed by atoms with Gasteiger partial charge in [0.15, 0.2) is 0 Å². The Hall–Kier alpha value is -2.66. The molecule has 0 heterocycles. The Morgan fingerprint density at radius 3 is 1.83 bits per heavy atom. The number of benzene rings is 2. The number of aliphatic carboxylic acids is 2. The first-order valence-corrected chi connectivity index (χ1v) is 7.22. The lowest BCUT2D eigenvalue weighted by Gasteiger charge is -2.04. The molecule has 0 saturated carbocycles. The van der Waals surface area contributed by atoms with E-state index in [4.69, 9.17) is 15.9 Å². The van der Waals surface area contributed by atoms with E-state index in [-0.39, 0.29) is 0 Å². The molecule has 0 aliphatic rings. The molecule has 5 nitrogen and oxygen atoms in total. The van der Waals surface area contributed by atoms with Gasteiger partial charge in [0.2, 0.25) is 0 Å². The fourth-order valence-electron chi connectivity index (χ4n) is 1.84. The quantitative estimate of drug-likeness (QED) is 0.787. The summed E-state index contributed by atoms with van der Waals surface area (Å²) in [4.78, 5) is 20.9. The molecule has 2 aromatic rings. The van der Waals surface area contributed by atoms with Gasteiger partial charge in [-0.3, -0.25) is 9.59 Å². The van der Waals surface area contributed by atoms with Crippen molar-refractivity contribution in [2.45, 2.75) is 25.3 Å². The summed E-state index contributed by atoms with van der Waals surface area (Å²) in [7, 11) is 0. The van der Waals surface area contributed by atoms with Crippen molar-refractivity contribution in [3.63, 3.8) is 0 Å².